The molecular weight excluding hydrogens is 375 g/mol. The number of pyridine rings is 2. The predicted octanol–water partition coefficient (Wildman–Crippen LogP) is 3.15. The molecule has 1 fully saturated rings. The average molecular weight is 398 g/mol. The number of oxazole rings is 1. The van der Waals surface area contributed by atoms with Crippen molar-refractivity contribution in [3.8, 4) is 11.5 Å². The number of halogens is 1. The zero-order valence-electron chi connectivity index (χ0n) is 16.2. The average Bonchev–Trinajstić information content (AvgIpc) is 3.18. The van der Waals surface area contributed by atoms with Crippen molar-refractivity contribution in [1.82, 2.24) is 25.2 Å². The molecule has 0 radical (unpaired) electrons. The third-order valence-corrected chi connectivity index (χ3v) is 5.02. The van der Waals surface area contributed by atoms with Gasteiger partial charge in [-0.05, 0) is 30.4 Å². The van der Waals surface area contributed by atoms with Crippen molar-refractivity contribution in [2.24, 2.45) is 0 Å². The van der Waals surface area contributed by atoms with Crippen LogP contribution in [0.2, 0.25) is 0 Å². The molecule has 0 unspecified atom stereocenters. The second-order valence-electron chi connectivity index (χ2n) is 7.06. The zero-order valence-corrected chi connectivity index (χ0v) is 16.2. The van der Waals surface area contributed by atoms with E-state index < -0.39 is 0 Å². The summed E-state index contributed by atoms with van der Waals surface area (Å²) in [6, 6.07) is 3.78. The molecule has 0 atom stereocenters. The number of piperidine rings is 1. The molecule has 0 bridgehead atoms. The highest BCUT2D eigenvalue weighted by molar-refractivity contribution is 5.92. The highest BCUT2D eigenvalue weighted by Gasteiger charge is 2.22. The van der Waals surface area contributed by atoms with Crippen molar-refractivity contribution in [3.05, 3.63) is 36.6 Å². The van der Waals surface area contributed by atoms with Crippen molar-refractivity contribution in [3.63, 3.8) is 0 Å². The summed E-state index contributed by atoms with van der Waals surface area (Å²) in [7, 11) is 0. The molecule has 0 saturated carbocycles. The van der Waals surface area contributed by atoms with Gasteiger partial charge in [0.15, 0.2) is 11.7 Å². The molecule has 3 aromatic heterocycles. The maximum absolute atomic E-state index is 12.6. The summed E-state index contributed by atoms with van der Waals surface area (Å²) < 4.78 is 17.8. The van der Waals surface area contributed by atoms with E-state index in [0.717, 1.165) is 23.6 Å². The van der Waals surface area contributed by atoms with Crippen LogP contribution < -0.4 is 10.6 Å². The van der Waals surface area contributed by atoms with E-state index in [1.165, 1.54) is 0 Å². The van der Waals surface area contributed by atoms with Crippen LogP contribution in [0.1, 0.15) is 18.7 Å². The fourth-order valence-corrected chi connectivity index (χ4v) is 3.45. The van der Waals surface area contributed by atoms with E-state index >= 15 is 0 Å². The monoisotopic (exact) mass is 398 g/mol. The molecule has 1 saturated heterocycles. The first-order chi connectivity index (χ1) is 14.1. The van der Waals surface area contributed by atoms with Crippen LogP contribution in [-0.4, -0.2) is 58.2 Å². The Morgan fingerprint density at radius 1 is 1.17 bits per heavy atom. The maximum atomic E-state index is 12.6. The smallest absolute Gasteiger partial charge is 0.323 e. The summed E-state index contributed by atoms with van der Waals surface area (Å²) in [4.78, 5) is 27.1. The van der Waals surface area contributed by atoms with E-state index in [4.69, 9.17) is 4.42 Å². The van der Waals surface area contributed by atoms with Crippen LogP contribution in [0.4, 0.5) is 15.0 Å². The Morgan fingerprint density at radius 2 is 1.97 bits per heavy atom. The van der Waals surface area contributed by atoms with Gasteiger partial charge in [0.25, 0.3) is 0 Å². The molecule has 3 aromatic rings. The number of rotatable bonds is 5. The lowest BCUT2D eigenvalue weighted by Gasteiger charge is -2.32. The standard InChI is InChI=1S/C20H23FN6O2/c1-13-23-12-18(29-13)17-8-14-9-19(25-11-15(14)10-24-17)26-20(28)27-6-2-16(3-7-27)22-5-4-21/h8-12,16,22H,2-7H2,1H3,(H,25,26,28). The number of aromatic nitrogens is 3. The van der Waals surface area contributed by atoms with Gasteiger partial charge in [-0.1, -0.05) is 0 Å². The van der Waals surface area contributed by atoms with Gasteiger partial charge < -0.3 is 14.6 Å². The zero-order chi connectivity index (χ0) is 20.2. The number of carbonyl (C=O) groups excluding carboxylic acids is 1. The molecule has 1 aliphatic rings. The number of nitrogens with one attached hydrogen (secondary N) is 2. The number of anilines is 1. The van der Waals surface area contributed by atoms with Crippen molar-refractivity contribution < 1.29 is 13.6 Å². The lowest BCUT2D eigenvalue weighted by Crippen LogP contribution is -2.46. The molecule has 2 amide bonds. The highest BCUT2D eigenvalue weighted by Crippen LogP contribution is 2.24. The second-order valence-corrected chi connectivity index (χ2v) is 7.06. The molecule has 29 heavy (non-hydrogen) atoms. The van der Waals surface area contributed by atoms with Gasteiger partial charge in [-0.2, -0.15) is 0 Å². The number of hydrogen-bond donors (Lipinski definition) is 2. The first kappa shape index (κ1) is 19.3. The molecule has 2 N–H and O–H groups in total. The van der Waals surface area contributed by atoms with Gasteiger partial charge in [0.2, 0.25) is 0 Å². The highest BCUT2D eigenvalue weighted by atomic mass is 19.1. The van der Waals surface area contributed by atoms with Crippen LogP contribution in [0.3, 0.4) is 0 Å². The number of hydrogen-bond acceptors (Lipinski definition) is 6. The van der Waals surface area contributed by atoms with Crippen LogP contribution in [0, 0.1) is 6.92 Å². The Balaban J connectivity index is 1.43. The van der Waals surface area contributed by atoms with E-state index in [1.807, 2.05) is 12.1 Å². The second kappa shape index (κ2) is 8.52. The van der Waals surface area contributed by atoms with Gasteiger partial charge in [0, 0.05) is 50.4 Å². The number of nitrogens with zero attached hydrogens (tertiary/aromatic N) is 4. The van der Waals surface area contributed by atoms with Crippen LogP contribution in [-0.2, 0) is 0 Å². The summed E-state index contributed by atoms with van der Waals surface area (Å²) in [5.74, 6) is 1.65. The van der Waals surface area contributed by atoms with Crippen molar-refractivity contribution in [2.45, 2.75) is 25.8 Å². The number of carbonyl (C=O) groups is 1. The molecule has 1 aliphatic heterocycles. The topological polar surface area (TPSA) is 96.2 Å². The van der Waals surface area contributed by atoms with Gasteiger partial charge in [-0.3, -0.25) is 10.3 Å². The normalized spacial score (nSPS) is 15.0. The first-order valence-electron chi connectivity index (χ1n) is 9.66. The number of likely N-dealkylation sites (tertiary alicyclic amines) is 1. The van der Waals surface area contributed by atoms with Crippen LogP contribution in [0.25, 0.3) is 22.2 Å². The molecule has 4 rings (SSSR count). The lowest BCUT2D eigenvalue weighted by atomic mass is 10.1. The molecule has 0 spiro atoms. The predicted molar refractivity (Wildman–Crippen MR) is 107 cm³/mol. The van der Waals surface area contributed by atoms with Gasteiger partial charge in [0.1, 0.15) is 18.2 Å². The third-order valence-electron chi connectivity index (χ3n) is 5.02. The Hall–Kier alpha value is -3.07. The summed E-state index contributed by atoms with van der Waals surface area (Å²) in [6.07, 6.45) is 6.66. The van der Waals surface area contributed by atoms with Gasteiger partial charge in [-0.15, -0.1) is 0 Å². The summed E-state index contributed by atoms with van der Waals surface area (Å²) in [6.45, 7) is 3.02. The third kappa shape index (κ3) is 4.51. The Kier molecular flexibility index (Phi) is 5.66. The fraction of sp³-hybridized carbons (Fsp3) is 0.400. The largest absolute Gasteiger partial charge is 0.439 e. The fourth-order valence-electron chi connectivity index (χ4n) is 3.45. The minimum Gasteiger partial charge on any atom is -0.439 e. The van der Waals surface area contributed by atoms with E-state index in [0.29, 0.717) is 42.8 Å². The number of alkyl halides is 1. The number of aryl methyl sites for hydroxylation is 1. The van der Waals surface area contributed by atoms with Crippen LogP contribution in [0.15, 0.2) is 35.1 Å². The van der Waals surface area contributed by atoms with Crippen LogP contribution >= 0.6 is 0 Å². The Labute approximate surface area is 167 Å². The minimum atomic E-state index is -0.373. The Bertz CT molecular complexity index is 1000. The molecule has 0 aliphatic carbocycles. The van der Waals surface area contributed by atoms with Crippen molar-refractivity contribution >= 4 is 22.6 Å². The van der Waals surface area contributed by atoms with E-state index in [9.17, 15) is 9.18 Å². The van der Waals surface area contributed by atoms with Crippen LogP contribution in [0.5, 0.6) is 0 Å². The Morgan fingerprint density at radius 3 is 2.69 bits per heavy atom. The molecule has 152 valence electrons. The number of urea groups is 1. The summed E-state index contributed by atoms with van der Waals surface area (Å²) in [5.41, 5.74) is 0.671. The number of fused-ring (bicyclic) bond motifs is 1. The lowest BCUT2D eigenvalue weighted by molar-refractivity contribution is 0.188. The van der Waals surface area contributed by atoms with E-state index in [2.05, 4.69) is 25.6 Å². The first-order valence-corrected chi connectivity index (χ1v) is 9.66. The van der Waals surface area contributed by atoms with E-state index in [-0.39, 0.29) is 18.7 Å². The van der Waals surface area contributed by atoms with E-state index in [1.54, 1.807) is 30.4 Å². The maximum Gasteiger partial charge on any atom is 0.323 e. The summed E-state index contributed by atoms with van der Waals surface area (Å²) >= 11 is 0. The van der Waals surface area contributed by atoms with Gasteiger partial charge in [-0.25, -0.2) is 19.2 Å². The SMILES string of the molecule is Cc1ncc(-c2cc3cc(NC(=O)N4CCC(NCCF)CC4)ncc3cn2)o1. The quantitative estimate of drug-likeness (QED) is 0.685. The van der Waals surface area contributed by atoms with Crippen molar-refractivity contribution in [2.75, 3.05) is 31.6 Å². The molecule has 4 heterocycles. The summed E-state index contributed by atoms with van der Waals surface area (Å²) in [5, 5.41) is 7.78. The molecule has 8 nitrogen and oxygen atoms in total. The molecular formula is C20H23FN6O2. The van der Waals surface area contributed by atoms with Gasteiger partial charge in [0.05, 0.1) is 6.20 Å². The minimum absolute atomic E-state index is 0.180. The van der Waals surface area contributed by atoms with Crippen molar-refractivity contribution in [1.29, 1.82) is 0 Å². The molecule has 0 aromatic carbocycles. The number of amides is 2. The molecule has 9 heteroatoms. The van der Waals surface area contributed by atoms with Gasteiger partial charge >= 0.3 is 6.03 Å².